The van der Waals surface area contributed by atoms with Crippen LogP contribution in [-0.2, 0) is 9.53 Å². The summed E-state index contributed by atoms with van der Waals surface area (Å²) in [4.78, 5) is 27.1. The first-order valence-corrected chi connectivity index (χ1v) is 5.68. The number of carbonyl (C=O) groups is 2. The molecule has 0 aliphatic heterocycles. The quantitative estimate of drug-likeness (QED) is 0.513. The van der Waals surface area contributed by atoms with E-state index in [0.717, 1.165) is 10.9 Å². The number of aromatic amines is 1. The van der Waals surface area contributed by atoms with Crippen molar-refractivity contribution in [1.29, 1.82) is 0 Å². The number of rotatable bonds is 3. The Morgan fingerprint density at radius 1 is 1.22 bits per heavy atom. The first kappa shape index (κ1) is 12.4. The van der Waals surface area contributed by atoms with E-state index < -0.39 is 11.4 Å². The third-order valence-corrected chi connectivity index (χ3v) is 3.10. The minimum atomic E-state index is -1.18. The molecule has 0 atom stereocenters. The molecule has 0 fully saturated rings. The molecule has 0 bridgehead atoms. The molecule has 94 valence electrons. The van der Waals surface area contributed by atoms with E-state index >= 15 is 0 Å². The molecule has 2 rings (SSSR count). The van der Waals surface area contributed by atoms with Gasteiger partial charge in [0.25, 0.3) is 0 Å². The molecule has 1 N–H and O–H groups in total. The molecule has 4 nitrogen and oxygen atoms in total. The van der Waals surface area contributed by atoms with Gasteiger partial charge in [-0.15, -0.1) is 0 Å². The van der Waals surface area contributed by atoms with Crippen LogP contribution in [0.25, 0.3) is 10.9 Å². The van der Waals surface area contributed by atoms with E-state index in [2.05, 4.69) is 9.72 Å². The second-order valence-electron chi connectivity index (χ2n) is 4.69. The first-order valence-electron chi connectivity index (χ1n) is 5.68. The van der Waals surface area contributed by atoms with Gasteiger partial charge in [-0.25, -0.2) is 0 Å². The Hall–Kier alpha value is -2.10. The van der Waals surface area contributed by atoms with Gasteiger partial charge in [0.2, 0.25) is 0 Å². The van der Waals surface area contributed by atoms with Crippen LogP contribution in [0.3, 0.4) is 0 Å². The van der Waals surface area contributed by atoms with Crippen LogP contribution in [0.1, 0.15) is 24.2 Å². The molecule has 2 aromatic rings. The Labute approximate surface area is 105 Å². The summed E-state index contributed by atoms with van der Waals surface area (Å²) in [7, 11) is 1.28. The van der Waals surface area contributed by atoms with E-state index in [1.165, 1.54) is 7.11 Å². The first-order chi connectivity index (χ1) is 8.48. The molecule has 1 aromatic carbocycles. The number of ketones is 1. The van der Waals surface area contributed by atoms with Crippen molar-refractivity contribution in [2.24, 2.45) is 5.41 Å². The largest absolute Gasteiger partial charge is 0.468 e. The fourth-order valence-electron chi connectivity index (χ4n) is 1.94. The van der Waals surface area contributed by atoms with Crippen molar-refractivity contribution in [3.63, 3.8) is 0 Å². The number of hydrogen-bond acceptors (Lipinski definition) is 3. The Morgan fingerprint density at radius 3 is 2.56 bits per heavy atom. The molecule has 0 radical (unpaired) electrons. The molecule has 0 saturated carbocycles. The maximum atomic E-state index is 12.4. The van der Waals surface area contributed by atoms with Crippen molar-refractivity contribution < 1.29 is 14.3 Å². The van der Waals surface area contributed by atoms with E-state index in [-0.39, 0.29) is 5.78 Å². The van der Waals surface area contributed by atoms with Gasteiger partial charge in [0, 0.05) is 22.7 Å². The fraction of sp³-hybridized carbons (Fsp3) is 0.286. The summed E-state index contributed by atoms with van der Waals surface area (Å²) in [5.41, 5.74) is 0.210. The van der Waals surface area contributed by atoms with Gasteiger partial charge >= 0.3 is 5.97 Å². The highest BCUT2D eigenvalue weighted by molar-refractivity contribution is 6.17. The lowest BCUT2D eigenvalue weighted by Gasteiger charge is -2.19. The lowest BCUT2D eigenvalue weighted by Crippen LogP contribution is -2.34. The predicted molar refractivity (Wildman–Crippen MR) is 68.4 cm³/mol. The number of aromatic nitrogens is 1. The van der Waals surface area contributed by atoms with E-state index in [9.17, 15) is 9.59 Å². The molecule has 4 heteroatoms. The van der Waals surface area contributed by atoms with Gasteiger partial charge in [-0.1, -0.05) is 18.2 Å². The summed E-state index contributed by atoms with van der Waals surface area (Å²) in [5.74, 6) is -0.774. The number of fused-ring (bicyclic) bond motifs is 1. The average Bonchev–Trinajstić information content (AvgIpc) is 2.80. The van der Waals surface area contributed by atoms with Crippen LogP contribution in [0.4, 0.5) is 0 Å². The van der Waals surface area contributed by atoms with Crippen molar-refractivity contribution in [3.8, 4) is 0 Å². The Balaban J connectivity index is 2.49. The maximum absolute atomic E-state index is 12.4. The molecular formula is C14H15NO3. The van der Waals surface area contributed by atoms with Crippen molar-refractivity contribution in [3.05, 3.63) is 36.0 Å². The molecule has 0 aliphatic rings. The van der Waals surface area contributed by atoms with Crippen molar-refractivity contribution in [2.75, 3.05) is 7.11 Å². The van der Waals surface area contributed by atoms with Crippen LogP contribution in [0.15, 0.2) is 30.5 Å². The number of methoxy groups -OCH3 is 1. The standard InChI is InChI=1S/C14H15NO3/c1-14(2,13(17)18-3)12(16)10-8-15-11-7-5-4-6-9(10)11/h4-8,15H,1-3H3. The summed E-state index contributed by atoms with van der Waals surface area (Å²) < 4.78 is 4.68. The van der Waals surface area contributed by atoms with E-state index in [1.54, 1.807) is 20.0 Å². The molecule has 18 heavy (non-hydrogen) atoms. The zero-order valence-electron chi connectivity index (χ0n) is 10.6. The maximum Gasteiger partial charge on any atom is 0.319 e. The molecule has 0 aliphatic carbocycles. The zero-order valence-corrected chi connectivity index (χ0v) is 10.6. The summed E-state index contributed by atoms with van der Waals surface area (Å²) in [6.07, 6.45) is 1.64. The minimum Gasteiger partial charge on any atom is -0.468 e. The third-order valence-electron chi connectivity index (χ3n) is 3.10. The normalized spacial score (nSPS) is 11.5. The molecule has 1 aromatic heterocycles. The molecule has 1 heterocycles. The van der Waals surface area contributed by atoms with Gasteiger partial charge < -0.3 is 9.72 Å². The van der Waals surface area contributed by atoms with Crippen LogP contribution in [-0.4, -0.2) is 23.8 Å². The minimum absolute atomic E-state index is 0.244. The highest BCUT2D eigenvalue weighted by Gasteiger charge is 2.38. The molecule has 0 amide bonds. The number of ether oxygens (including phenoxy) is 1. The van der Waals surface area contributed by atoms with E-state index in [0.29, 0.717) is 5.56 Å². The number of esters is 1. The van der Waals surface area contributed by atoms with Crippen molar-refractivity contribution in [2.45, 2.75) is 13.8 Å². The SMILES string of the molecule is COC(=O)C(C)(C)C(=O)c1c[nH]c2ccccc12. The summed E-state index contributed by atoms with van der Waals surface area (Å²) in [6, 6.07) is 7.49. The molecule has 0 saturated heterocycles. The van der Waals surface area contributed by atoms with Gasteiger partial charge in [-0.05, 0) is 19.9 Å². The Kier molecular flexibility index (Phi) is 2.95. The number of hydrogen-bond donors (Lipinski definition) is 1. The Morgan fingerprint density at radius 2 is 1.89 bits per heavy atom. The fourth-order valence-corrected chi connectivity index (χ4v) is 1.94. The molecule has 0 unspecified atom stereocenters. The second-order valence-corrected chi connectivity index (χ2v) is 4.69. The van der Waals surface area contributed by atoms with Gasteiger partial charge in [-0.3, -0.25) is 9.59 Å². The topological polar surface area (TPSA) is 59.2 Å². The number of para-hydroxylation sites is 1. The highest BCUT2D eigenvalue weighted by Crippen LogP contribution is 2.28. The lowest BCUT2D eigenvalue weighted by molar-refractivity contribution is -0.147. The van der Waals surface area contributed by atoms with Crippen LogP contribution >= 0.6 is 0 Å². The van der Waals surface area contributed by atoms with Gasteiger partial charge in [0.1, 0.15) is 5.41 Å². The summed E-state index contributed by atoms with van der Waals surface area (Å²) in [5, 5.41) is 0.819. The Bertz CT molecular complexity index is 610. The molecular weight excluding hydrogens is 230 g/mol. The second kappa shape index (κ2) is 4.29. The lowest BCUT2D eigenvalue weighted by atomic mass is 9.84. The van der Waals surface area contributed by atoms with Crippen LogP contribution in [0.2, 0.25) is 0 Å². The number of carbonyl (C=O) groups excluding carboxylic acids is 2. The van der Waals surface area contributed by atoms with Crippen LogP contribution in [0.5, 0.6) is 0 Å². The third kappa shape index (κ3) is 1.79. The van der Waals surface area contributed by atoms with E-state index in [4.69, 9.17) is 0 Å². The van der Waals surface area contributed by atoms with Crippen LogP contribution < -0.4 is 0 Å². The highest BCUT2D eigenvalue weighted by atomic mass is 16.5. The molecule has 0 spiro atoms. The average molecular weight is 245 g/mol. The number of Topliss-reactive ketones (excluding diaryl/α,β-unsaturated/α-hetero) is 1. The summed E-state index contributed by atoms with van der Waals surface area (Å²) >= 11 is 0. The van der Waals surface area contributed by atoms with Gasteiger partial charge in [-0.2, -0.15) is 0 Å². The number of nitrogens with one attached hydrogen (secondary N) is 1. The van der Waals surface area contributed by atoms with Crippen molar-refractivity contribution in [1.82, 2.24) is 4.98 Å². The smallest absolute Gasteiger partial charge is 0.319 e. The number of benzene rings is 1. The predicted octanol–water partition coefficient (Wildman–Crippen LogP) is 2.55. The monoisotopic (exact) mass is 245 g/mol. The summed E-state index contributed by atoms with van der Waals surface area (Å²) in [6.45, 7) is 3.14. The zero-order chi connectivity index (χ0) is 13.3. The van der Waals surface area contributed by atoms with Gasteiger partial charge in [0.15, 0.2) is 5.78 Å². The van der Waals surface area contributed by atoms with Gasteiger partial charge in [0.05, 0.1) is 7.11 Å². The van der Waals surface area contributed by atoms with E-state index in [1.807, 2.05) is 24.3 Å². The van der Waals surface area contributed by atoms with Crippen molar-refractivity contribution >= 4 is 22.7 Å². The number of H-pyrrole nitrogens is 1. The van der Waals surface area contributed by atoms with Crippen LogP contribution in [0, 0.1) is 5.41 Å².